The van der Waals surface area contributed by atoms with Crippen LogP contribution in [0.25, 0.3) is 0 Å². The molecule has 2 aromatic carbocycles. The molecule has 0 aromatic heterocycles. The number of hydrogen-bond donors (Lipinski definition) is 1. The highest BCUT2D eigenvalue weighted by Gasteiger charge is 2.22. The first kappa shape index (κ1) is 17.0. The molecule has 126 valence electrons. The summed E-state index contributed by atoms with van der Waals surface area (Å²) in [7, 11) is -3.70. The minimum Gasteiger partial charge on any atom is -0.312 e. The number of benzene rings is 2. The summed E-state index contributed by atoms with van der Waals surface area (Å²) in [6.45, 7) is 2.42. The van der Waals surface area contributed by atoms with E-state index < -0.39 is 10.0 Å². The van der Waals surface area contributed by atoms with Crippen molar-refractivity contribution in [2.24, 2.45) is 0 Å². The molecule has 1 fully saturated rings. The van der Waals surface area contributed by atoms with Gasteiger partial charge in [0.25, 0.3) is 10.0 Å². The number of hydrogen-bond acceptors (Lipinski definition) is 3. The molecular weight excluding hydrogens is 392 g/mol. The van der Waals surface area contributed by atoms with E-state index in [2.05, 4.69) is 20.7 Å². The molecule has 1 aliphatic heterocycles. The minimum atomic E-state index is -3.70. The zero-order valence-electron chi connectivity index (χ0n) is 13.1. The Labute approximate surface area is 149 Å². The second-order valence-electron chi connectivity index (χ2n) is 5.71. The molecule has 2 aromatic rings. The molecule has 0 aliphatic carbocycles. The Bertz CT molecular complexity index is 896. The zero-order chi connectivity index (χ0) is 17.3. The van der Waals surface area contributed by atoms with Crippen LogP contribution in [-0.4, -0.2) is 20.9 Å². The first-order valence-electron chi connectivity index (χ1n) is 7.56. The molecule has 1 amide bonds. The van der Waals surface area contributed by atoms with Crippen molar-refractivity contribution in [2.75, 3.05) is 16.2 Å². The predicted octanol–water partition coefficient (Wildman–Crippen LogP) is 3.69. The molecule has 0 saturated carbocycles. The van der Waals surface area contributed by atoms with Gasteiger partial charge in [-0.1, -0.05) is 28.1 Å². The van der Waals surface area contributed by atoms with E-state index in [1.807, 2.05) is 6.07 Å². The van der Waals surface area contributed by atoms with Crippen LogP contribution in [0.3, 0.4) is 0 Å². The van der Waals surface area contributed by atoms with Crippen molar-refractivity contribution in [1.29, 1.82) is 0 Å². The molecule has 0 radical (unpaired) electrons. The lowest BCUT2D eigenvalue weighted by Crippen LogP contribution is -2.23. The van der Waals surface area contributed by atoms with Gasteiger partial charge in [-0.05, 0) is 49.2 Å². The van der Waals surface area contributed by atoms with Gasteiger partial charge in [0.1, 0.15) is 0 Å². The van der Waals surface area contributed by atoms with E-state index in [0.29, 0.717) is 34.4 Å². The SMILES string of the molecule is Cc1ccc(Br)cc1S(=O)(=O)Nc1cccc(N2CCCC2=O)c1. The Morgan fingerprint density at radius 1 is 1.17 bits per heavy atom. The molecular formula is C17H17BrN2O3S. The third kappa shape index (κ3) is 3.47. The molecule has 0 spiro atoms. The molecule has 1 heterocycles. The number of carbonyl (C=O) groups excluding carboxylic acids is 1. The van der Waals surface area contributed by atoms with Crippen LogP contribution in [0.1, 0.15) is 18.4 Å². The second kappa shape index (κ2) is 6.57. The van der Waals surface area contributed by atoms with Crippen molar-refractivity contribution in [3.8, 4) is 0 Å². The topological polar surface area (TPSA) is 66.5 Å². The fraction of sp³-hybridized carbons (Fsp3) is 0.235. The largest absolute Gasteiger partial charge is 0.312 e. The summed E-state index contributed by atoms with van der Waals surface area (Å²) in [5.74, 6) is 0.0674. The number of rotatable bonds is 4. The van der Waals surface area contributed by atoms with E-state index in [0.717, 1.165) is 6.42 Å². The van der Waals surface area contributed by atoms with E-state index >= 15 is 0 Å². The van der Waals surface area contributed by atoms with Crippen LogP contribution in [0.2, 0.25) is 0 Å². The summed E-state index contributed by atoms with van der Waals surface area (Å²) in [5.41, 5.74) is 1.81. The van der Waals surface area contributed by atoms with Crippen LogP contribution in [-0.2, 0) is 14.8 Å². The number of aryl methyl sites for hydroxylation is 1. The summed E-state index contributed by atoms with van der Waals surface area (Å²) in [6, 6.07) is 12.0. The third-order valence-corrected chi connectivity index (χ3v) is 5.94. The Morgan fingerprint density at radius 3 is 2.67 bits per heavy atom. The van der Waals surface area contributed by atoms with Crippen molar-refractivity contribution in [3.05, 3.63) is 52.5 Å². The number of nitrogens with one attached hydrogen (secondary N) is 1. The maximum absolute atomic E-state index is 12.7. The average Bonchev–Trinajstić information content (AvgIpc) is 2.95. The highest BCUT2D eigenvalue weighted by atomic mass is 79.9. The van der Waals surface area contributed by atoms with Gasteiger partial charge in [-0.3, -0.25) is 9.52 Å². The number of anilines is 2. The molecule has 1 saturated heterocycles. The monoisotopic (exact) mass is 408 g/mol. The molecule has 5 nitrogen and oxygen atoms in total. The third-order valence-electron chi connectivity index (χ3n) is 3.92. The zero-order valence-corrected chi connectivity index (χ0v) is 15.5. The molecule has 3 rings (SSSR count). The minimum absolute atomic E-state index is 0.0674. The Morgan fingerprint density at radius 2 is 1.96 bits per heavy atom. The number of nitrogens with zero attached hydrogens (tertiary/aromatic N) is 1. The van der Waals surface area contributed by atoms with Gasteiger partial charge in [-0.25, -0.2) is 8.42 Å². The van der Waals surface area contributed by atoms with Crippen LogP contribution >= 0.6 is 15.9 Å². The van der Waals surface area contributed by atoms with Gasteiger partial charge in [-0.15, -0.1) is 0 Å². The van der Waals surface area contributed by atoms with Crippen LogP contribution in [0.5, 0.6) is 0 Å². The van der Waals surface area contributed by atoms with E-state index in [1.165, 1.54) is 0 Å². The fourth-order valence-electron chi connectivity index (χ4n) is 2.73. The van der Waals surface area contributed by atoms with E-state index in [4.69, 9.17) is 0 Å². The summed E-state index contributed by atoms with van der Waals surface area (Å²) in [4.78, 5) is 13.8. The normalized spacial score (nSPS) is 14.9. The maximum atomic E-state index is 12.7. The van der Waals surface area contributed by atoms with Crippen LogP contribution in [0.15, 0.2) is 51.8 Å². The predicted molar refractivity (Wildman–Crippen MR) is 97.7 cm³/mol. The van der Waals surface area contributed by atoms with Gasteiger partial charge in [0.2, 0.25) is 5.91 Å². The highest BCUT2D eigenvalue weighted by Crippen LogP contribution is 2.27. The lowest BCUT2D eigenvalue weighted by atomic mass is 10.2. The molecule has 0 unspecified atom stereocenters. The van der Waals surface area contributed by atoms with Gasteiger partial charge >= 0.3 is 0 Å². The number of carbonyl (C=O) groups is 1. The summed E-state index contributed by atoms with van der Waals surface area (Å²) >= 11 is 3.30. The number of amides is 1. The van der Waals surface area contributed by atoms with Crippen molar-refractivity contribution >= 4 is 43.2 Å². The maximum Gasteiger partial charge on any atom is 0.262 e. The van der Waals surface area contributed by atoms with E-state index in [9.17, 15) is 13.2 Å². The summed E-state index contributed by atoms with van der Waals surface area (Å²) in [5, 5.41) is 0. The molecule has 0 atom stereocenters. The smallest absolute Gasteiger partial charge is 0.262 e. The molecule has 24 heavy (non-hydrogen) atoms. The van der Waals surface area contributed by atoms with E-state index in [1.54, 1.807) is 48.2 Å². The fourth-order valence-corrected chi connectivity index (χ4v) is 4.57. The van der Waals surface area contributed by atoms with Gasteiger partial charge in [0.05, 0.1) is 10.6 Å². The van der Waals surface area contributed by atoms with Crippen molar-refractivity contribution in [1.82, 2.24) is 0 Å². The number of halogens is 1. The van der Waals surface area contributed by atoms with Crippen LogP contribution in [0.4, 0.5) is 11.4 Å². The van der Waals surface area contributed by atoms with Crippen molar-refractivity contribution < 1.29 is 13.2 Å². The van der Waals surface area contributed by atoms with Gasteiger partial charge in [0.15, 0.2) is 0 Å². The van der Waals surface area contributed by atoms with Crippen molar-refractivity contribution in [3.63, 3.8) is 0 Å². The summed E-state index contributed by atoms with van der Waals surface area (Å²) < 4.78 is 28.6. The first-order chi connectivity index (χ1) is 11.4. The van der Waals surface area contributed by atoms with Crippen LogP contribution in [0, 0.1) is 6.92 Å². The Balaban J connectivity index is 1.90. The van der Waals surface area contributed by atoms with Gasteiger partial charge in [-0.2, -0.15) is 0 Å². The second-order valence-corrected chi connectivity index (χ2v) is 8.28. The van der Waals surface area contributed by atoms with E-state index in [-0.39, 0.29) is 10.8 Å². The molecule has 1 N–H and O–H groups in total. The summed E-state index contributed by atoms with van der Waals surface area (Å²) in [6.07, 6.45) is 1.36. The standard InChI is InChI=1S/C17H17BrN2O3S/c1-12-7-8-13(18)10-16(12)24(22,23)19-14-4-2-5-15(11-14)20-9-3-6-17(20)21/h2,4-5,7-8,10-11,19H,3,6,9H2,1H3. The number of sulfonamides is 1. The lowest BCUT2D eigenvalue weighted by Gasteiger charge is -2.17. The first-order valence-corrected chi connectivity index (χ1v) is 9.84. The van der Waals surface area contributed by atoms with Gasteiger partial charge in [0, 0.05) is 23.1 Å². The van der Waals surface area contributed by atoms with Crippen molar-refractivity contribution in [2.45, 2.75) is 24.7 Å². The average molecular weight is 409 g/mol. The van der Waals surface area contributed by atoms with Gasteiger partial charge < -0.3 is 4.90 Å². The molecule has 7 heteroatoms. The van der Waals surface area contributed by atoms with Crippen LogP contribution < -0.4 is 9.62 Å². The lowest BCUT2D eigenvalue weighted by molar-refractivity contribution is -0.117. The Hall–Kier alpha value is -1.86. The molecule has 0 bridgehead atoms. The highest BCUT2D eigenvalue weighted by molar-refractivity contribution is 9.10. The Kier molecular flexibility index (Phi) is 4.64. The quantitative estimate of drug-likeness (QED) is 0.838. The molecule has 1 aliphatic rings.